The Hall–Kier alpha value is -2.22. The molecule has 24 heavy (non-hydrogen) atoms. The van der Waals surface area contributed by atoms with Crippen LogP contribution in [0.25, 0.3) is 0 Å². The normalized spacial score (nSPS) is 15.1. The van der Waals surface area contributed by atoms with Crippen molar-refractivity contribution < 1.29 is 0 Å². The van der Waals surface area contributed by atoms with Crippen molar-refractivity contribution in [2.75, 3.05) is 16.5 Å². The van der Waals surface area contributed by atoms with Gasteiger partial charge < -0.3 is 9.80 Å². The molecule has 0 amide bonds. The summed E-state index contributed by atoms with van der Waals surface area (Å²) in [4.78, 5) is 4.72. The Balaban J connectivity index is 1.84. The Bertz CT molecular complexity index is 705. The Morgan fingerprint density at radius 3 is 2.21 bits per heavy atom. The van der Waals surface area contributed by atoms with Crippen LogP contribution in [0.3, 0.4) is 0 Å². The molecule has 3 rings (SSSR count). The zero-order valence-electron chi connectivity index (χ0n) is 15.1. The lowest BCUT2D eigenvalue weighted by molar-refractivity contribution is 0.730. The van der Waals surface area contributed by atoms with Crippen molar-refractivity contribution in [3.8, 4) is 0 Å². The highest BCUT2D eigenvalue weighted by Crippen LogP contribution is 2.33. The highest BCUT2D eigenvalue weighted by Gasteiger charge is 2.20. The van der Waals surface area contributed by atoms with Gasteiger partial charge in [0.2, 0.25) is 0 Å². The molecule has 1 aliphatic heterocycles. The predicted octanol–water partition coefficient (Wildman–Crippen LogP) is 5.91. The second-order valence-corrected chi connectivity index (χ2v) is 6.63. The van der Waals surface area contributed by atoms with Crippen molar-refractivity contribution in [1.82, 2.24) is 0 Å². The zero-order valence-corrected chi connectivity index (χ0v) is 15.1. The third-order valence-electron chi connectivity index (χ3n) is 4.94. The molecule has 0 bridgehead atoms. The number of anilines is 2. The molecule has 0 aliphatic carbocycles. The fourth-order valence-corrected chi connectivity index (χ4v) is 3.39. The van der Waals surface area contributed by atoms with Gasteiger partial charge in [0.25, 0.3) is 0 Å². The van der Waals surface area contributed by atoms with Gasteiger partial charge in [0.1, 0.15) is 0 Å². The van der Waals surface area contributed by atoms with E-state index in [0.29, 0.717) is 5.92 Å². The summed E-state index contributed by atoms with van der Waals surface area (Å²) in [7, 11) is 0. The van der Waals surface area contributed by atoms with Crippen molar-refractivity contribution in [3.05, 3.63) is 72.1 Å². The van der Waals surface area contributed by atoms with Crippen molar-refractivity contribution in [3.63, 3.8) is 0 Å². The zero-order chi connectivity index (χ0) is 16.9. The first-order valence-electron chi connectivity index (χ1n) is 9.13. The standard InChI is InChI=1S/C22H28N2/c1-4-10-19-11-6-8-13-21(19)23-15-16-24(17-23)22-14-9-7-12-20(22)18(3)5-2/h6-9,11-16,18H,4-5,10,17H2,1-3H3/t18-/m0/s1. The monoisotopic (exact) mass is 320 g/mol. The third kappa shape index (κ3) is 3.33. The first kappa shape index (κ1) is 16.6. The number of benzene rings is 2. The Morgan fingerprint density at radius 2 is 1.50 bits per heavy atom. The fraction of sp³-hybridized carbons (Fsp3) is 0.364. The van der Waals surface area contributed by atoms with Crippen LogP contribution in [-0.2, 0) is 6.42 Å². The first-order chi connectivity index (χ1) is 11.7. The van der Waals surface area contributed by atoms with E-state index in [4.69, 9.17) is 0 Å². The maximum absolute atomic E-state index is 2.37. The molecule has 126 valence electrons. The number of hydrogen-bond acceptors (Lipinski definition) is 2. The molecule has 2 nitrogen and oxygen atoms in total. The molecule has 0 radical (unpaired) electrons. The molecule has 0 spiro atoms. The van der Waals surface area contributed by atoms with Crippen LogP contribution in [-0.4, -0.2) is 6.67 Å². The minimum atomic E-state index is 0.580. The molecule has 2 aromatic rings. The van der Waals surface area contributed by atoms with Crippen molar-refractivity contribution in [1.29, 1.82) is 0 Å². The summed E-state index contributed by atoms with van der Waals surface area (Å²) in [5.74, 6) is 0.580. The van der Waals surface area contributed by atoms with Gasteiger partial charge in [0.15, 0.2) is 0 Å². The Kier molecular flexibility index (Phi) is 5.24. The lowest BCUT2D eigenvalue weighted by Gasteiger charge is -2.26. The van der Waals surface area contributed by atoms with Crippen molar-refractivity contribution in [2.45, 2.75) is 46.0 Å². The number of aryl methyl sites for hydroxylation is 1. The Morgan fingerprint density at radius 1 is 0.875 bits per heavy atom. The molecule has 0 aromatic heterocycles. The van der Waals surface area contributed by atoms with E-state index >= 15 is 0 Å². The van der Waals surface area contributed by atoms with Gasteiger partial charge in [-0.25, -0.2) is 0 Å². The van der Waals surface area contributed by atoms with E-state index in [2.05, 4.69) is 91.5 Å². The van der Waals surface area contributed by atoms with Crippen LogP contribution in [0.1, 0.15) is 50.7 Å². The number of hydrogen-bond donors (Lipinski definition) is 0. The van der Waals surface area contributed by atoms with Crippen LogP contribution in [0, 0.1) is 0 Å². The average Bonchev–Trinajstić information content (AvgIpc) is 3.11. The van der Waals surface area contributed by atoms with Gasteiger partial charge >= 0.3 is 0 Å². The molecular weight excluding hydrogens is 292 g/mol. The van der Waals surface area contributed by atoms with E-state index in [-0.39, 0.29) is 0 Å². The number of nitrogens with zero attached hydrogens (tertiary/aromatic N) is 2. The van der Waals surface area contributed by atoms with Gasteiger partial charge in [-0.3, -0.25) is 0 Å². The smallest absolute Gasteiger partial charge is 0.0989 e. The number of para-hydroxylation sites is 2. The van der Waals surface area contributed by atoms with Gasteiger partial charge in [0.05, 0.1) is 6.67 Å². The second-order valence-electron chi connectivity index (χ2n) is 6.63. The van der Waals surface area contributed by atoms with Crippen molar-refractivity contribution >= 4 is 11.4 Å². The summed E-state index contributed by atoms with van der Waals surface area (Å²) < 4.78 is 0. The van der Waals surface area contributed by atoms with E-state index < -0.39 is 0 Å². The van der Waals surface area contributed by atoms with E-state index in [1.807, 2.05) is 0 Å². The van der Waals surface area contributed by atoms with Crippen LogP contribution in [0.2, 0.25) is 0 Å². The van der Waals surface area contributed by atoms with Gasteiger partial charge in [-0.1, -0.05) is 63.6 Å². The molecule has 0 N–H and O–H groups in total. The maximum Gasteiger partial charge on any atom is 0.0989 e. The lowest BCUT2D eigenvalue weighted by atomic mass is 9.96. The highest BCUT2D eigenvalue weighted by molar-refractivity contribution is 5.64. The van der Waals surface area contributed by atoms with Gasteiger partial charge in [0, 0.05) is 23.8 Å². The second kappa shape index (κ2) is 7.57. The van der Waals surface area contributed by atoms with Crippen LogP contribution < -0.4 is 9.80 Å². The topological polar surface area (TPSA) is 6.48 Å². The molecule has 0 saturated carbocycles. The minimum absolute atomic E-state index is 0.580. The summed E-state index contributed by atoms with van der Waals surface area (Å²) in [5.41, 5.74) is 5.53. The summed E-state index contributed by atoms with van der Waals surface area (Å²) in [6, 6.07) is 17.6. The molecule has 2 heteroatoms. The highest BCUT2D eigenvalue weighted by atomic mass is 15.3. The van der Waals surface area contributed by atoms with E-state index in [1.165, 1.54) is 28.9 Å². The lowest BCUT2D eigenvalue weighted by Crippen LogP contribution is -2.26. The van der Waals surface area contributed by atoms with Crippen LogP contribution in [0.5, 0.6) is 0 Å². The Labute approximate surface area is 146 Å². The molecule has 0 fully saturated rings. The summed E-state index contributed by atoms with van der Waals surface area (Å²) in [6.07, 6.45) is 7.89. The molecule has 1 atom stereocenters. The summed E-state index contributed by atoms with van der Waals surface area (Å²) >= 11 is 0. The van der Waals surface area contributed by atoms with Gasteiger partial charge in [-0.2, -0.15) is 0 Å². The van der Waals surface area contributed by atoms with E-state index in [0.717, 1.165) is 19.5 Å². The first-order valence-corrected chi connectivity index (χ1v) is 9.13. The third-order valence-corrected chi connectivity index (χ3v) is 4.94. The largest absolute Gasteiger partial charge is 0.328 e. The molecule has 0 saturated heterocycles. The van der Waals surface area contributed by atoms with Gasteiger partial charge in [-0.15, -0.1) is 0 Å². The molecular formula is C22H28N2. The molecule has 1 aliphatic rings. The van der Waals surface area contributed by atoms with Crippen molar-refractivity contribution in [2.24, 2.45) is 0 Å². The van der Waals surface area contributed by atoms with Crippen LogP contribution in [0.15, 0.2) is 60.9 Å². The summed E-state index contributed by atoms with van der Waals surface area (Å²) in [5, 5.41) is 0. The molecule has 0 unspecified atom stereocenters. The van der Waals surface area contributed by atoms with E-state index in [9.17, 15) is 0 Å². The predicted molar refractivity (Wildman–Crippen MR) is 105 cm³/mol. The SMILES string of the molecule is CCCc1ccccc1N1C=CN(c2ccccc2[C@@H](C)CC)C1. The van der Waals surface area contributed by atoms with Crippen LogP contribution in [0.4, 0.5) is 11.4 Å². The molecule has 2 aromatic carbocycles. The minimum Gasteiger partial charge on any atom is -0.328 e. The van der Waals surface area contributed by atoms with E-state index in [1.54, 1.807) is 0 Å². The number of rotatable bonds is 6. The average molecular weight is 320 g/mol. The quantitative estimate of drug-likeness (QED) is 0.653. The fourth-order valence-electron chi connectivity index (χ4n) is 3.39. The molecule has 1 heterocycles. The van der Waals surface area contributed by atoms with Gasteiger partial charge in [-0.05, 0) is 42.0 Å². The van der Waals surface area contributed by atoms with Crippen LogP contribution >= 0.6 is 0 Å². The maximum atomic E-state index is 2.37. The summed E-state index contributed by atoms with van der Waals surface area (Å²) in [6.45, 7) is 7.70.